The van der Waals surface area contributed by atoms with Crippen molar-refractivity contribution in [1.29, 1.82) is 42.1 Å². The summed E-state index contributed by atoms with van der Waals surface area (Å²) in [5.74, 6) is 0. The van der Waals surface area contributed by atoms with Crippen LogP contribution in [0.3, 0.4) is 0 Å². The van der Waals surface area contributed by atoms with Crippen LogP contribution in [0.5, 0.6) is 0 Å². The van der Waals surface area contributed by atoms with Crippen molar-refractivity contribution in [2.45, 2.75) is 38.1 Å². The maximum absolute atomic E-state index is 8.61. The summed E-state index contributed by atoms with van der Waals surface area (Å²) in [6, 6.07) is 54.7. The van der Waals surface area contributed by atoms with Gasteiger partial charge in [-0.25, -0.2) is 0 Å². The van der Waals surface area contributed by atoms with E-state index in [0.717, 1.165) is 27.3 Å². The standard InChI is InChI=1S/C19H17NO2.C9H13NO2.3C8H6N2.2C7H5NS.C6H9NO2/c20-13-7-12-18-21-14-19(15-22-18,16-8-3-1-4-9-16)17-10-5-2-6-11-17;1-9(2)6-11-8(12-7-9)4-3-5-10;9-5-1-3-8-4-2-6-10-7-8;9-5-1-2-8-3-6-10-7-4-8;9-6-3-5-8-4-1-2-7-10-8;8-5-1-3-7-4-2-6-9-7;8-4-1-2-7-3-5-9-6-7;1-8-6(9-2)4-3-5-7/h1-12,18H,14-15H2;3-4,8H,6-7H2,1-2H3;2*1-4,6-7H;1-5,7H;1-4,6H;1-3,5-6H;3-4,6H,1-2H3/b12-7+;4-3+;3-1+;2-1+;5-3+;3-1+;2-1+;4-3+. The minimum atomic E-state index is -0.458. The molecule has 2 aromatic carbocycles. The smallest absolute Gasteiger partial charge is 0.177 e. The first-order valence-electron chi connectivity index (χ1n) is 27.4. The van der Waals surface area contributed by atoms with E-state index in [0.29, 0.717) is 26.4 Å². The lowest BCUT2D eigenvalue weighted by Gasteiger charge is -2.40. The van der Waals surface area contributed by atoms with Gasteiger partial charge in [-0.3, -0.25) is 15.0 Å². The highest BCUT2D eigenvalue weighted by atomic mass is 32.1. The van der Waals surface area contributed by atoms with Gasteiger partial charge in [0.15, 0.2) is 18.9 Å². The van der Waals surface area contributed by atoms with Crippen molar-refractivity contribution < 1.29 is 28.4 Å². The number of allylic oxidation sites excluding steroid dienone is 8. The van der Waals surface area contributed by atoms with Gasteiger partial charge >= 0.3 is 0 Å². The molecule has 17 nitrogen and oxygen atoms in total. The molecule has 2 saturated heterocycles. The quantitative estimate of drug-likeness (QED) is 0.0811. The van der Waals surface area contributed by atoms with Crippen molar-refractivity contribution in [1.82, 2.24) is 15.0 Å². The maximum Gasteiger partial charge on any atom is 0.177 e. The van der Waals surface area contributed by atoms with E-state index in [-0.39, 0.29) is 17.1 Å². The van der Waals surface area contributed by atoms with Crippen LogP contribution in [0.4, 0.5) is 0 Å². The number of hydrogen-bond donors (Lipinski definition) is 0. The lowest BCUT2D eigenvalue weighted by molar-refractivity contribution is -0.197. The number of methoxy groups -OCH3 is 2. The molecule has 19 heteroatoms. The SMILES string of the molecule is CC1(C)COC(/C=C/C#N)OC1.COC(/C=C/C#N)OC.N#C/C=C/C1OCC(c2ccccc2)(c2ccccc2)CO1.N#C/C=C/c1ccccn1.N#C/C=C/c1cccnc1.N#C/C=C/c1cccs1.N#C/C=C/c1ccncc1.N#C/C=C/c1ccsc1. The summed E-state index contributed by atoms with van der Waals surface area (Å²) in [4.78, 5) is 12.8. The van der Waals surface area contributed by atoms with Crippen molar-refractivity contribution in [2.24, 2.45) is 5.41 Å². The highest BCUT2D eigenvalue weighted by Gasteiger charge is 2.39. The van der Waals surface area contributed by atoms with Crippen LogP contribution in [0, 0.1) is 96.1 Å². The number of pyridine rings is 3. The molecule has 9 rings (SSSR count). The Morgan fingerprint density at radius 1 is 0.473 bits per heavy atom. The Labute approximate surface area is 542 Å². The molecule has 91 heavy (non-hydrogen) atoms. The molecule has 7 aromatic rings. The molecule has 5 aromatic heterocycles. The Kier molecular flexibility index (Phi) is 41.7. The lowest BCUT2D eigenvalue weighted by Crippen LogP contribution is -2.45. The molecule has 0 spiro atoms. The van der Waals surface area contributed by atoms with Crippen molar-refractivity contribution in [3.63, 3.8) is 0 Å². The van der Waals surface area contributed by atoms with Crippen LogP contribution in [0.1, 0.15) is 52.2 Å². The van der Waals surface area contributed by atoms with E-state index in [4.69, 9.17) is 70.5 Å². The molecule has 2 aliphatic heterocycles. The van der Waals surface area contributed by atoms with E-state index in [1.165, 1.54) is 80.0 Å². The number of hydrogen-bond acceptors (Lipinski definition) is 19. The predicted octanol–water partition coefficient (Wildman–Crippen LogP) is 15.0. The van der Waals surface area contributed by atoms with E-state index in [1.807, 2.05) is 162 Å². The summed E-state index contributed by atoms with van der Waals surface area (Å²) in [6.45, 7) is 6.54. The average molecular weight is 1250 g/mol. The van der Waals surface area contributed by atoms with Crippen LogP contribution in [0.2, 0.25) is 0 Å². The summed E-state index contributed by atoms with van der Waals surface area (Å²) in [5, 5.41) is 71.7. The molecule has 0 unspecified atom stereocenters. The Morgan fingerprint density at radius 3 is 1.44 bits per heavy atom. The Hall–Kier alpha value is -11.1. The molecule has 7 heterocycles. The van der Waals surface area contributed by atoms with Crippen molar-refractivity contribution in [3.8, 4) is 48.6 Å². The second kappa shape index (κ2) is 49.9. The zero-order valence-corrected chi connectivity index (χ0v) is 52.3. The van der Waals surface area contributed by atoms with E-state index in [9.17, 15) is 0 Å². The molecule has 0 amide bonds. The van der Waals surface area contributed by atoms with Gasteiger partial charge in [0.2, 0.25) is 0 Å². The van der Waals surface area contributed by atoms with Gasteiger partial charge in [0.25, 0.3) is 0 Å². The maximum atomic E-state index is 8.61. The average Bonchev–Trinajstić information content (AvgIpc) is 3.19. The molecule has 0 radical (unpaired) electrons. The Morgan fingerprint density at radius 2 is 0.978 bits per heavy atom. The molecule has 2 fully saturated rings. The number of benzene rings is 2. The second-order valence-electron chi connectivity index (χ2n) is 18.5. The highest BCUT2D eigenvalue weighted by Crippen LogP contribution is 2.36. The molecule has 458 valence electrons. The number of thiophene rings is 2. The van der Waals surface area contributed by atoms with Gasteiger partial charge in [-0.1, -0.05) is 92.7 Å². The van der Waals surface area contributed by atoms with Crippen LogP contribution in [0.25, 0.3) is 30.4 Å². The van der Waals surface area contributed by atoms with Gasteiger partial charge < -0.3 is 28.4 Å². The van der Waals surface area contributed by atoms with Crippen LogP contribution >= 0.6 is 22.7 Å². The number of ether oxygens (including phenoxy) is 6. The fraction of sp³-hybridized carbons (Fsp3) is 0.181. The highest BCUT2D eigenvalue weighted by molar-refractivity contribution is 7.10. The number of nitrogens with zero attached hydrogens (tertiary/aromatic N) is 11. The first-order chi connectivity index (χ1) is 44.5. The minimum absolute atomic E-state index is 0.0942. The van der Waals surface area contributed by atoms with E-state index in [2.05, 4.69) is 53.1 Å². The minimum Gasteiger partial charge on any atom is -0.352 e. The molecular weight excluding hydrogens is 1180 g/mol. The summed E-state index contributed by atoms with van der Waals surface area (Å²) >= 11 is 3.25. The fourth-order valence-corrected chi connectivity index (χ4v) is 8.17. The molecule has 0 N–H and O–H groups in total. The molecular formula is C72H67N11O6S2. The third-order valence-electron chi connectivity index (χ3n) is 11.2. The molecule has 0 aliphatic carbocycles. The van der Waals surface area contributed by atoms with Crippen molar-refractivity contribution in [3.05, 3.63) is 274 Å². The first kappa shape index (κ1) is 76.0. The van der Waals surface area contributed by atoms with Gasteiger partial charge in [-0.05, 0) is 135 Å². The van der Waals surface area contributed by atoms with E-state index in [1.54, 1.807) is 96.2 Å². The predicted molar refractivity (Wildman–Crippen MR) is 355 cm³/mol. The normalized spacial score (nSPS) is 13.6. The largest absolute Gasteiger partial charge is 0.352 e. The molecule has 2 aliphatic rings. The van der Waals surface area contributed by atoms with Crippen LogP contribution in [-0.4, -0.2) is 74.5 Å². The van der Waals surface area contributed by atoms with Crippen LogP contribution in [-0.2, 0) is 33.8 Å². The molecule has 0 bridgehead atoms. The van der Waals surface area contributed by atoms with Crippen LogP contribution < -0.4 is 0 Å². The summed E-state index contributed by atoms with van der Waals surface area (Å²) < 4.78 is 31.8. The number of rotatable bonds is 12. The van der Waals surface area contributed by atoms with Gasteiger partial charge in [-0.2, -0.15) is 53.4 Å². The summed E-state index contributed by atoms with van der Waals surface area (Å²) in [6.07, 6.45) is 32.1. The fourth-order valence-electron chi connectivity index (χ4n) is 6.92. The van der Waals surface area contributed by atoms with Crippen molar-refractivity contribution >= 4 is 53.1 Å². The zero-order valence-electron chi connectivity index (χ0n) is 50.6. The monoisotopic (exact) mass is 1250 g/mol. The summed E-state index contributed by atoms with van der Waals surface area (Å²) in [5.41, 5.74) is 5.97. The van der Waals surface area contributed by atoms with Gasteiger partial charge in [0.1, 0.15) is 0 Å². The first-order valence-corrected chi connectivity index (χ1v) is 29.2. The third-order valence-corrected chi connectivity index (χ3v) is 12.8. The number of nitriles is 8. The summed E-state index contributed by atoms with van der Waals surface area (Å²) in [7, 11) is 3.02. The second-order valence-corrected chi connectivity index (χ2v) is 20.2. The van der Waals surface area contributed by atoms with Gasteiger partial charge in [0, 0.05) is 104 Å². The van der Waals surface area contributed by atoms with Crippen molar-refractivity contribution in [2.75, 3.05) is 40.6 Å². The third kappa shape index (κ3) is 35.3. The molecule has 0 atom stereocenters. The Balaban J connectivity index is 0.000000364. The van der Waals surface area contributed by atoms with Gasteiger partial charge in [-0.15, -0.1) is 11.3 Å². The zero-order chi connectivity index (χ0) is 66.1. The van der Waals surface area contributed by atoms with Crippen LogP contribution in [0.15, 0.2) is 235 Å². The topological polar surface area (TPSA) is 284 Å². The van der Waals surface area contributed by atoms with E-state index < -0.39 is 12.6 Å². The molecule has 0 saturated carbocycles. The lowest BCUT2D eigenvalue weighted by atomic mass is 9.75. The van der Waals surface area contributed by atoms with Gasteiger partial charge in [0.05, 0.1) is 86.1 Å². The number of aromatic nitrogens is 3. The van der Waals surface area contributed by atoms with E-state index >= 15 is 0 Å². The Bertz CT molecular complexity index is 3410.